The number of aryl methyl sites for hydroxylation is 1. The summed E-state index contributed by atoms with van der Waals surface area (Å²) in [4.78, 5) is 3.48. The van der Waals surface area contributed by atoms with Gasteiger partial charge in [0.15, 0.2) is 0 Å². The van der Waals surface area contributed by atoms with E-state index >= 15 is 0 Å². The summed E-state index contributed by atoms with van der Waals surface area (Å²) in [7, 11) is 0. The summed E-state index contributed by atoms with van der Waals surface area (Å²) < 4.78 is 36.7. The quantitative estimate of drug-likeness (QED) is 0.724. The van der Waals surface area contributed by atoms with Gasteiger partial charge in [-0.1, -0.05) is 0 Å². The molecule has 6 heteroatoms. The largest absolute Gasteiger partial charge is 0.419 e. The molecule has 0 fully saturated rings. The second kappa shape index (κ2) is 3.17. The molecule has 2 nitrogen and oxygen atoms in total. The van der Waals surface area contributed by atoms with E-state index in [-0.39, 0.29) is 16.0 Å². The molecule has 1 aromatic rings. The molecule has 0 bridgehead atoms. The van der Waals surface area contributed by atoms with Crippen molar-refractivity contribution >= 4 is 21.7 Å². The molecule has 72 valence electrons. The van der Waals surface area contributed by atoms with Gasteiger partial charge < -0.3 is 5.73 Å². The Bertz CT molecular complexity index is 312. The van der Waals surface area contributed by atoms with Crippen molar-refractivity contribution < 1.29 is 13.2 Å². The van der Waals surface area contributed by atoms with Gasteiger partial charge in [-0.3, -0.25) is 0 Å². The zero-order chi connectivity index (χ0) is 10.2. The predicted octanol–water partition coefficient (Wildman–Crippen LogP) is 2.75. The van der Waals surface area contributed by atoms with Gasteiger partial charge >= 0.3 is 6.18 Å². The Balaban J connectivity index is 3.38. The third kappa shape index (κ3) is 2.12. The van der Waals surface area contributed by atoms with Crippen LogP contribution in [0.4, 0.5) is 19.0 Å². The molecule has 0 aliphatic rings. The number of hydrogen-bond acceptors (Lipinski definition) is 2. The van der Waals surface area contributed by atoms with E-state index in [1.54, 1.807) is 0 Å². The van der Waals surface area contributed by atoms with Gasteiger partial charge in [-0.05, 0) is 34.5 Å². The molecule has 0 unspecified atom stereocenters. The minimum Gasteiger partial charge on any atom is -0.384 e. The van der Waals surface area contributed by atoms with E-state index in [4.69, 9.17) is 5.73 Å². The molecule has 2 N–H and O–H groups in total. The minimum atomic E-state index is -4.40. The number of nitrogens with two attached hydrogens (primary N) is 1. The van der Waals surface area contributed by atoms with Gasteiger partial charge in [0.25, 0.3) is 0 Å². The number of rotatable bonds is 0. The topological polar surface area (TPSA) is 38.9 Å². The Hall–Kier alpha value is -0.780. The van der Waals surface area contributed by atoms with Crippen LogP contribution in [0.1, 0.15) is 11.1 Å². The second-order valence-corrected chi connectivity index (χ2v) is 3.28. The first-order valence-electron chi connectivity index (χ1n) is 3.32. The highest BCUT2D eigenvalue weighted by Crippen LogP contribution is 2.36. The lowest BCUT2D eigenvalue weighted by Gasteiger charge is -2.11. The Morgan fingerprint density at radius 1 is 1.46 bits per heavy atom. The van der Waals surface area contributed by atoms with Crippen LogP contribution in [0.15, 0.2) is 10.7 Å². The normalized spacial score (nSPS) is 11.8. The summed E-state index contributed by atoms with van der Waals surface area (Å²) in [6.45, 7) is 1.34. The zero-order valence-corrected chi connectivity index (χ0v) is 8.20. The van der Waals surface area contributed by atoms with E-state index in [2.05, 4.69) is 20.9 Å². The highest BCUT2D eigenvalue weighted by atomic mass is 79.9. The maximum atomic E-state index is 12.3. The van der Waals surface area contributed by atoms with Gasteiger partial charge in [0, 0.05) is 0 Å². The van der Waals surface area contributed by atoms with E-state index in [1.807, 2.05) is 0 Å². The van der Waals surface area contributed by atoms with Crippen molar-refractivity contribution in [1.82, 2.24) is 4.98 Å². The minimum absolute atomic E-state index is 0.0619. The van der Waals surface area contributed by atoms with Crippen LogP contribution in [0.2, 0.25) is 0 Å². The first-order chi connectivity index (χ1) is 5.82. The Morgan fingerprint density at radius 3 is 2.38 bits per heavy atom. The van der Waals surface area contributed by atoms with Gasteiger partial charge in [0.2, 0.25) is 0 Å². The molecule has 0 spiro atoms. The number of anilines is 1. The highest BCUT2D eigenvalue weighted by molar-refractivity contribution is 9.10. The van der Waals surface area contributed by atoms with E-state index in [0.717, 1.165) is 0 Å². The fourth-order valence-electron chi connectivity index (χ4n) is 0.999. The molecule has 1 heterocycles. The Kier molecular flexibility index (Phi) is 2.51. The molecule has 0 radical (unpaired) electrons. The van der Waals surface area contributed by atoms with E-state index < -0.39 is 11.7 Å². The monoisotopic (exact) mass is 254 g/mol. The summed E-state index contributed by atoms with van der Waals surface area (Å²) in [5.41, 5.74) is 4.55. The zero-order valence-electron chi connectivity index (χ0n) is 6.61. The number of aromatic nitrogens is 1. The van der Waals surface area contributed by atoms with Crippen molar-refractivity contribution in [3.8, 4) is 0 Å². The fourth-order valence-corrected chi connectivity index (χ4v) is 1.74. The molecule has 0 atom stereocenters. The molecule has 0 aliphatic heterocycles. The second-order valence-electron chi connectivity index (χ2n) is 2.53. The van der Waals surface area contributed by atoms with Gasteiger partial charge in [-0.25, -0.2) is 4.98 Å². The van der Waals surface area contributed by atoms with Crippen LogP contribution >= 0.6 is 15.9 Å². The van der Waals surface area contributed by atoms with Crippen LogP contribution in [-0.2, 0) is 6.18 Å². The molecule has 0 saturated heterocycles. The summed E-state index contributed by atoms with van der Waals surface area (Å²) in [5.74, 6) is 0.0670. The molecular weight excluding hydrogens is 249 g/mol. The number of pyridine rings is 1. The van der Waals surface area contributed by atoms with Crippen LogP contribution in [0.5, 0.6) is 0 Å². The van der Waals surface area contributed by atoms with Crippen LogP contribution in [0.3, 0.4) is 0 Å². The summed E-state index contributed by atoms with van der Waals surface area (Å²) in [5, 5.41) is 0. The lowest BCUT2D eigenvalue weighted by atomic mass is 10.1. The van der Waals surface area contributed by atoms with Crippen molar-refractivity contribution in [2.45, 2.75) is 13.1 Å². The maximum Gasteiger partial charge on any atom is 0.419 e. The fraction of sp³-hybridized carbons (Fsp3) is 0.286. The average Bonchev–Trinajstić information content (AvgIpc) is 1.78. The van der Waals surface area contributed by atoms with Crippen LogP contribution in [0, 0.1) is 6.92 Å². The first kappa shape index (κ1) is 10.3. The molecule has 1 rings (SSSR count). The van der Waals surface area contributed by atoms with E-state index in [0.29, 0.717) is 0 Å². The van der Waals surface area contributed by atoms with Crippen molar-refractivity contribution in [2.75, 3.05) is 5.73 Å². The molecule has 0 aromatic carbocycles. The van der Waals surface area contributed by atoms with Crippen LogP contribution < -0.4 is 5.73 Å². The lowest BCUT2D eigenvalue weighted by Crippen LogP contribution is -2.10. The number of halogens is 4. The number of nitrogen functional groups attached to an aromatic ring is 1. The summed E-state index contributed by atoms with van der Waals surface area (Å²) in [6.07, 6.45) is -4.40. The SMILES string of the molecule is Cc1cc(N)nc(Br)c1C(F)(F)F. The first-order valence-corrected chi connectivity index (χ1v) is 4.11. The van der Waals surface area contributed by atoms with Crippen molar-refractivity contribution in [3.05, 3.63) is 21.8 Å². The number of nitrogens with zero attached hydrogens (tertiary/aromatic N) is 1. The number of hydrogen-bond donors (Lipinski definition) is 1. The van der Waals surface area contributed by atoms with Gasteiger partial charge in [0.05, 0.1) is 5.56 Å². The predicted molar refractivity (Wildman–Crippen MR) is 46.1 cm³/mol. The van der Waals surface area contributed by atoms with Crippen molar-refractivity contribution in [1.29, 1.82) is 0 Å². The highest BCUT2D eigenvalue weighted by Gasteiger charge is 2.35. The van der Waals surface area contributed by atoms with Gasteiger partial charge in [-0.15, -0.1) is 0 Å². The smallest absolute Gasteiger partial charge is 0.384 e. The standard InChI is InChI=1S/C7H6BrF3N2/c1-3-2-4(12)13-6(8)5(3)7(9,10)11/h2H,1H3,(H2,12,13). The average molecular weight is 255 g/mol. The molecule has 0 amide bonds. The van der Waals surface area contributed by atoms with Gasteiger partial charge in [0.1, 0.15) is 10.4 Å². The van der Waals surface area contributed by atoms with Crippen LogP contribution in [-0.4, -0.2) is 4.98 Å². The summed E-state index contributed by atoms with van der Waals surface area (Å²) in [6, 6.07) is 1.19. The van der Waals surface area contributed by atoms with Crippen LogP contribution in [0.25, 0.3) is 0 Å². The summed E-state index contributed by atoms with van der Waals surface area (Å²) >= 11 is 2.72. The van der Waals surface area contributed by atoms with E-state index in [9.17, 15) is 13.2 Å². The Morgan fingerprint density at radius 2 is 2.00 bits per heavy atom. The van der Waals surface area contributed by atoms with Crippen molar-refractivity contribution in [3.63, 3.8) is 0 Å². The lowest BCUT2D eigenvalue weighted by molar-refractivity contribution is -0.138. The Labute approximate surface area is 81.1 Å². The third-order valence-electron chi connectivity index (χ3n) is 1.48. The maximum absolute atomic E-state index is 12.3. The molecule has 0 aliphatic carbocycles. The van der Waals surface area contributed by atoms with Crippen molar-refractivity contribution in [2.24, 2.45) is 0 Å². The number of alkyl halides is 3. The van der Waals surface area contributed by atoms with E-state index in [1.165, 1.54) is 13.0 Å². The molecule has 13 heavy (non-hydrogen) atoms. The molecule has 1 aromatic heterocycles. The molecular formula is C7H6BrF3N2. The van der Waals surface area contributed by atoms with Gasteiger partial charge in [-0.2, -0.15) is 13.2 Å². The third-order valence-corrected chi connectivity index (χ3v) is 2.05. The molecule has 0 saturated carbocycles.